The van der Waals surface area contributed by atoms with Gasteiger partial charge in [0.05, 0.1) is 26.4 Å². The summed E-state index contributed by atoms with van der Waals surface area (Å²) in [6, 6.07) is 10.7. The molecule has 1 aliphatic heterocycles. The molecule has 6 heteroatoms. The lowest BCUT2D eigenvalue weighted by Crippen LogP contribution is -2.36. The number of likely N-dealkylation sites (N-methyl/N-ethyl adjacent to an activating group) is 1. The summed E-state index contributed by atoms with van der Waals surface area (Å²) < 4.78 is 11.2. The summed E-state index contributed by atoms with van der Waals surface area (Å²) in [5.41, 5.74) is 7.12. The van der Waals surface area contributed by atoms with Crippen LogP contribution in [0, 0.1) is 0 Å². The molecule has 0 spiro atoms. The maximum absolute atomic E-state index is 5.93. The highest BCUT2D eigenvalue weighted by atomic mass is 16.5. The summed E-state index contributed by atoms with van der Waals surface area (Å²) in [6.45, 7) is 8.62. The molecule has 1 aromatic carbocycles. The fraction of sp³-hybridized carbons (Fsp3) is 0.650. The average molecular weight is 363 g/mol. The smallest absolute Gasteiger partial charge is 0.188 e. The van der Waals surface area contributed by atoms with Gasteiger partial charge in [-0.3, -0.25) is 9.89 Å². The van der Waals surface area contributed by atoms with Gasteiger partial charge in [-0.15, -0.1) is 0 Å². The van der Waals surface area contributed by atoms with Gasteiger partial charge in [-0.25, -0.2) is 0 Å². The van der Waals surface area contributed by atoms with Crippen molar-refractivity contribution in [1.82, 2.24) is 10.2 Å². The van der Waals surface area contributed by atoms with Gasteiger partial charge in [0.15, 0.2) is 5.96 Å². The molecule has 1 aromatic rings. The van der Waals surface area contributed by atoms with Crippen molar-refractivity contribution >= 4 is 5.96 Å². The summed E-state index contributed by atoms with van der Waals surface area (Å²) in [7, 11) is 0. The van der Waals surface area contributed by atoms with Crippen molar-refractivity contribution in [2.45, 2.75) is 38.8 Å². The standard InChI is InChI=1S/C20H34N4O2/c1-2-24-12-6-10-19(24)16-23-20(21)22-11-7-13-25-14-15-26-17-18-8-4-3-5-9-18/h3-5,8-9,19H,2,6-7,10-17H2,1H3,(H3,21,22,23). The van der Waals surface area contributed by atoms with Crippen LogP contribution in [0.1, 0.15) is 31.7 Å². The fourth-order valence-electron chi connectivity index (χ4n) is 3.15. The SMILES string of the molecule is CCN1CCCC1CN=C(N)NCCCOCCOCc1ccccc1. The minimum atomic E-state index is 0.541. The molecule has 2 rings (SSSR count). The first-order valence-electron chi connectivity index (χ1n) is 9.77. The Hall–Kier alpha value is -1.63. The monoisotopic (exact) mass is 362 g/mol. The number of nitrogens with two attached hydrogens (primary N) is 1. The Morgan fingerprint density at radius 1 is 1.23 bits per heavy atom. The summed E-state index contributed by atoms with van der Waals surface area (Å²) >= 11 is 0. The lowest BCUT2D eigenvalue weighted by atomic mass is 10.2. The molecule has 1 fully saturated rings. The van der Waals surface area contributed by atoms with Crippen molar-refractivity contribution in [1.29, 1.82) is 0 Å². The molecule has 1 heterocycles. The quantitative estimate of drug-likeness (QED) is 0.338. The third-order valence-corrected chi connectivity index (χ3v) is 4.63. The second-order valence-electron chi connectivity index (χ2n) is 6.58. The first kappa shape index (κ1) is 20.7. The van der Waals surface area contributed by atoms with Gasteiger partial charge in [0, 0.05) is 19.2 Å². The lowest BCUT2D eigenvalue weighted by Gasteiger charge is -2.20. The van der Waals surface area contributed by atoms with Crippen LogP contribution in [0.2, 0.25) is 0 Å². The molecule has 1 aliphatic rings. The number of hydrogen-bond acceptors (Lipinski definition) is 4. The Balaban J connectivity index is 1.42. The van der Waals surface area contributed by atoms with Crippen LogP contribution in [0.5, 0.6) is 0 Å². The predicted molar refractivity (Wildman–Crippen MR) is 106 cm³/mol. The number of nitrogens with zero attached hydrogens (tertiary/aromatic N) is 2. The predicted octanol–water partition coefficient (Wildman–Crippen LogP) is 2.00. The molecule has 0 saturated carbocycles. The largest absolute Gasteiger partial charge is 0.379 e. The Bertz CT molecular complexity index is 510. The van der Waals surface area contributed by atoms with Crippen LogP contribution < -0.4 is 11.1 Å². The molecule has 0 aromatic heterocycles. The van der Waals surface area contributed by atoms with Crippen LogP contribution in [0.3, 0.4) is 0 Å². The van der Waals surface area contributed by atoms with E-state index >= 15 is 0 Å². The van der Waals surface area contributed by atoms with E-state index in [0.29, 0.717) is 38.4 Å². The van der Waals surface area contributed by atoms with E-state index in [2.05, 4.69) is 34.3 Å². The van der Waals surface area contributed by atoms with Crippen LogP contribution >= 0.6 is 0 Å². The molecule has 26 heavy (non-hydrogen) atoms. The van der Waals surface area contributed by atoms with E-state index in [9.17, 15) is 0 Å². The fourth-order valence-corrected chi connectivity index (χ4v) is 3.15. The van der Waals surface area contributed by atoms with E-state index in [1.807, 2.05) is 18.2 Å². The number of benzene rings is 1. The highest BCUT2D eigenvalue weighted by molar-refractivity contribution is 5.77. The topological polar surface area (TPSA) is 72.1 Å². The van der Waals surface area contributed by atoms with Gasteiger partial charge in [-0.05, 0) is 37.9 Å². The van der Waals surface area contributed by atoms with Crippen molar-refractivity contribution in [3.05, 3.63) is 35.9 Å². The molecule has 1 unspecified atom stereocenters. The molecular formula is C20H34N4O2. The number of nitrogens with one attached hydrogen (secondary N) is 1. The van der Waals surface area contributed by atoms with Crippen LogP contribution in [0.25, 0.3) is 0 Å². The van der Waals surface area contributed by atoms with Crippen LogP contribution in [0.4, 0.5) is 0 Å². The van der Waals surface area contributed by atoms with E-state index in [4.69, 9.17) is 15.2 Å². The molecule has 1 saturated heterocycles. The number of hydrogen-bond donors (Lipinski definition) is 2. The Labute approximate surface area is 157 Å². The van der Waals surface area contributed by atoms with Crippen molar-refractivity contribution in [2.24, 2.45) is 10.7 Å². The average Bonchev–Trinajstić information content (AvgIpc) is 3.13. The van der Waals surface area contributed by atoms with Gasteiger partial charge in [-0.1, -0.05) is 37.3 Å². The minimum absolute atomic E-state index is 0.541. The van der Waals surface area contributed by atoms with Gasteiger partial charge >= 0.3 is 0 Å². The van der Waals surface area contributed by atoms with E-state index in [1.165, 1.54) is 24.9 Å². The van der Waals surface area contributed by atoms with Crippen LogP contribution in [-0.4, -0.2) is 62.9 Å². The van der Waals surface area contributed by atoms with E-state index in [0.717, 1.165) is 26.1 Å². The Morgan fingerprint density at radius 3 is 2.85 bits per heavy atom. The number of guanidine groups is 1. The zero-order valence-electron chi connectivity index (χ0n) is 16.0. The summed E-state index contributed by atoms with van der Waals surface area (Å²) in [5, 5.41) is 3.16. The number of aliphatic imine (C=N–C) groups is 1. The second kappa shape index (κ2) is 12.7. The molecule has 0 aliphatic carbocycles. The number of likely N-dealkylation sites (tertiary alicyclic amines) is 1. The second-order valence-corrected chi connectivity index (χ2v) is 6.58. The summed E-state index contributed by atoms with van der Waals surface area (Å²) in [5.74, 6) is 0.541. The molecule has 0 bridgehead atoms. The van der Waals surface area contributed by atoms with E-state index in [-0.39, 0.29) is 0 Å². The van der Waals surface area contributed by atoms with Crippen molar-refractivity contribution < 1.29 is 9.47 Å². The van der Waals surface area contributed by atoms with E-state index < -0.39 is 0 Å². The zero-order valence-corrected chi connectivity index (χ0v) is 16.0. The van der Waals surface area contributed by atoms with Crippen molar-refractivity contribution in [3.8, 4) is 0 Å². The maximum Gasteiger partial charge on any atom is 0.188 e. The highest BCUT2D eigenvalue weighted by Crippen LogP contribution is 2.16. The van der Waals surface area contributed by atoms with Gasteiger partial charge in [0.1, 0.15) is 0 Å². The maximum atomic E-state index is 5.93. The summed E-state index contributed by atoms with van der Waals surface area (Å²) in [6.07, 6.45) is 3.40. The summed E-state index contributed by atoms with van der Waals surface area (Å²) in [4.78, 5) is 6.95. The molecule has 0 radical (unpaired) electrons. The molecule has 6 nitrogen and oxygen atoms in total. The van der Waals surface area contributed by atoms with Crippen molar-refractivity contribution in [3.63, 3.8) is 0 Å². The molecule has 0 amide bonds. The van der Waals surface area contributed by atoms with Gasteiger partial charge in [-0.2, -0.15) is 0 Å². The normalized spacial score (nSPS) is 18.3. The molecule has 146 valence electrons. The first-order valence-corrected chi connectivity index (χ1v) is 9.77. The highest BCUT2D eigenvalue weighted by Gasteiger charge is 2.22. The molecular weight excluding hydrogens is 328 g/mol. The third-order valence-electron chi connectivity index (χ3n) is 4.63. The van der Waals surface area contributed by atoms with E-state index in [1.54, 1.807) is 0 Å². The van der Waals surface area contributed by atoms with Crippen LogP contribution in [0.15, 0.2) is 35.3 Å². The Morgan fingerprint density at radius 2 is 2.04 bits per heavy atom. The zero-order chi connectivity index (χ0) is 18.5. The Kier molecular flexibility index (Phi) is 10.1. The lowest BCUT2D eigenvalue weighted by molar-refractivity contribution is 0.0401. The molecule has 1 atom stereocenters. The molecule has 3 N–H and O–H groups in total. The minimum Gasteiger partial charge on any atom is -0.379 e. The number of ether oxygens (including phenoxy) is 2. The van der Waals surface area contributed by atoms with Gasteiger partial charge in [0.25, 0.3) is 0 Å². The van der Waals surface area contributed by atoms with Gasteiger partial charge < -0.3 is 20.5 Å². The number of rotatable bonds is 12. The first-order chi connectivity index (χ1) is 12.8. The van der Waals surface area contributed by atoms with Crippen LogP contribution in [-0.2, 0) is 16.1 Å². The van der Waals surface area contributed by atoms with Gasteiger partial charge in [0.2, 0.25) is 0 Å². The van der Waals surface area contributed by atoms with Crippen molar-refractivity contribution in [2.75, 3.05) is 46.0 Å². The third kappa shape index (κ3) is 8.17.